The molecule has 0 radical (unpaired) electrons. The fourth-order valence-electron chi connectivity index (χ4n) is 1.64. The Bertz CT molecular complexity index is 675. The zero-order valence-electron chi connectivity index (χ0n) is 8.82. The second-order valence-corrected chi connectivity index (χ2v) is 3.52. The molecule has 1 aromatic carbocycles. The standard InChI is InChI=1S/C12H8N4O/c17-12(9-4-2-1-3-5-9)16-8-15-10-6-13-7-14-11(10)16/h1-8H. The van der Waals surface area contributed by atoms with Crippen LogP contribution in [0.15, 0.2) is 49.2 Å². The lowest BCUT2D eigenvalue weighted by Crippen LogP contribution is -2.11. The third-order valence-electron chi connectivity index (χ3n) is 2.45. The van der Waals surface area contributed by atoms with Gasteiger partial charge in [0.05, 0.1) is 6.20 Å². The van der Waals surface area contributed by atoms with E-state index in [0.29, 0.717) is 16.7 Å². The highest BCUT2D eigenvalue weighted by Gasteiger charge is 2.12. The number of nitrogens with zero attached hydrogens (tertiary/aromatic N) is 4. The molecule has 3 aromatic rings. The monoisotopic (exact) mass is 224 g/mol. The molecule has 2 heterocycles. The summed E-state index contributed by atoms with van der Waals surface area (Å²) in [7, 11) is 0. The largest absolute Gasteiger partial charge is 0.268 e. The number of hydrogen-bond donors (Lipinski definition) is 0. The summed E-state index contributed by atoms with van der Waals surface area (Å²) in [5.74, 6) is -0.146. The smallest absolute Gasteiger partial charge is 0.264 e. The molecule has 0 spiro atoms. The zero-order valence-corrected chi connectivity index (χ0v) is 8.82. The molecule has 0 aliphatic rings. The Labute approximate surface area is 96.8 Å². The minimum absolute atomic E-state index is 0.146. The van der Waals surface area contributed by atoms with Gasteiger partial charge in [-0.3, -0.25) is 4.79 Å². The van der Waals surface area contributed by atoms with Crippen LogP contribution in [0.3, 0.4) is 0 Å². The van der Waals surface area contributed by atoms with Crippen molar-refractivity contribution in [2.75, 3.05) is 0 Å². The van der Waals surface area contributed by atoms with Crippen molar-refractivity contribution in [2.45, 2.75) is 0 Å². The van der Waals surface area contributed by atoms with Gasteiger partial charge in [-0.05, 0) is 12.1 Å². The van der Waals surface area contributed by atoms with E-state index in [-0.39, 0.29) is 5.91 Å². The van der Waals surface area contributed by atoms with Gasteiger partial charge in [-0.2, -0.15) is 0 Å². The van der Waals surface area contributed by atoms with Crippen molar-refractivity contribution in [3.05, 3.63) is 54.7 Å². The molecule has 0 N–H and O–H groups in total. The zero-order chi connectivity index (χ0) is 11.7. The van der Waals surface area contributed by atoms with Gasteiger partial charge < -0.3 is 0 Å². The van der Waals surface area contributed by atoms with E-state index in [1.807, 2.05) is 18.2 Å². The molecule has 0 aliphatic heterocycles. The van der Waals surface area contributed by atoms with Crippen molar-refractivity contribution >= 4 is 17.1 Å². The molecule has 0 amide bonds. The fraction of sp³-hybridized carbons (Fsp3) is 0. The maximum absolute atomic E-state index is 12.2. The van der Waals surface area contributed by atoms with Gasteiger partial charge in [-0.25, -0.2) is 19.5 Å². The number of imidazole rings is 1. The first-order valence-electron chi connectivity index (χ1n) is 5.09. The number of benzene rings is 1. The predicted molar refractivity (Wildman–Crippen MR) is 61.5 cm³/mol. The van der Waals surface area contributed by atoms with Crippen LogP contribution in [0.1, 0.15) is 10.4 Å². The van der Waals surface area contributed by atoms with E-state index in [1.54, 1.807) is 18.3 Å². The summed E-state index contributed by atoms with van der Waals surface area (Å²) >= 11 is 0. The van der Waals surface area contributed by atoms with Crippen LogP contribution in [0.5, 0.6) is 0 Å². The number of fused-ring (bicyclic) bond motifs is 1. The summed E-state index contributed by atoms with van der Waals surface area (Å²) in [5.41, 5.74) is 1.73. The SMILES string of the molecule is O=C(c1ccccc1)n1cnc2cncnc21. The lowest BCUT2D eigenvalue weighted by molar-refractivity contribution is 0.0964. The van der Waals surface area contributed by atoms with Crippen molar-refractivity contribution in [1.29, 1.82) is 0 Å². The van der Waals surface area contributed by atoms with E-state index in [4.69, 9.17) is 0 Å². The first-order chi connectivity index (χ1) is 8.36. The van der Waals surface area contributed by atoms with Gasteiger partial charge in [0.2, 0.25) is 0 Å². The van der Waals surface area contributed by atoms with E-state index >= 15 is 0 Å². The van der Waals surface area contributed by atoms with E-state index in [1.165, 1.54) is 17.2 Å². The maximum Gasteiger partial charge on any atom is 0.264 e. The molecule has 5 nitrogen and oxygen atoms in total. The number of aromatic nitrogens is 4. The number of carbonyl (C=O) groups excluding carboxylic acids is 1. The molecule has 0 fully saturated rings. The molecule has 0 saturated carbocycles. The second-order valence-electron chi connectivity index (χ2n) is 3.52. The Morgan fingerprint density at radius 3 is 2.76 bits per heavy atom. The number of hydrogen-bond acceptors (Lipinski definition) is 4. The second kappa shape index (κ2) is 3.79. The molecule has 0 aliphatic carbocycles. The summed E-state index contributed by atoms with van der Waals surface area (Å²) < 4.78 is 1.42. The van der Waals surface area contributed by atoms with Gasteiger partial charge in [0.25, 0.3) is 5.91 Å². The lowest BCUT2D eigenvalue weighted by atomic mass is 10.2. The Morgan fingerprint density at radius 2 is 1.94 bits per heavy atom. The topological polar surface area (TPSA) is 60.7 Å². The average molecular weight is 224 g/mol. The van der Waals surface area contributed by atoms with Gasteiger partial charge >= 0.3 is 0 Å². The first kappa shape index (κ1) is 9.65. The Morgan fingerprint density at radius 1 is 1.12 bits per heavy atom. The van der Waals surface area contributed by atoms with Crippen LogP contribution in [-0.4, -0.2) is 25.4 Å². The molecule has 3 rings (SSSR count). The first-order valence-corrected chi connectivity index (χ1v) is 5.09. The molecule has 82 valence electrons. The highest BCUT2D eigenvalue weighted by molar-refractivity contribution is 6.00. The number of rotatable bonds is 1. The van der Waals surface area contributed by atoms with Crippen molar-refractivity contribution in [3.63, 3.8) is 0 Å². The third kappa shape index (κ3) is 1.57. The van der Waals surface area contributed by atoms with Crippen LogP contribution in [0.4, 0.5) is 0 Å². The molecular formula is C12H8N4O. The van der Waals surface area contributed by atoms with Gasteiger partial charge in [0, 0.05) is 5.56 Å². The molecule has 0 bridgehead atoms. The maximum atomic E-state index is 12.2. The molecule has 0 atom stereocenters. The van der Waals surface area contributed by atoms with Crippen LogP contribution in [0.2, 0.25) is 0 Å². The molecule has 0 unspecified atom stereocenters. The molecule has 17 heavy (non-hydrogen) atoms. The molecule has 5 heteroatoms. The minimum Gasteiger partial charge on any atom is -0.268 e. The van der Waals surface area contributed by atoms with Gasteiger partial charge in [0.1, 0.15) is 18.2 Å². The number of carbonyl (C=O) groups is 1. The van der Waals surface area contributed by atoms with Crippen molar-refractivity contribution in [3.8, 4) is 0 Å². The normalized spacial score (nSPS) is 10.6. The predicted octanol–water partition coefficient (Wildman–Crippen LogP) is 1.51. The van der Waals surface area contributed by atoms with Crippen molar-refractivity contribution < 1.29 is 4.79 Å². The molecular weight excluding hydrogens is 216 g/mol. The highest BCUT2D eigenvalue weighted by atomic mass is 16.2. The lowest BCUT2D eigenvalue weighted by Gasteiger charge is -2.01. The summed E-state index contributed by atoms with van der Waals surface area (Å²) in [6, 6.07) is 9.03. The quantitative estimate of drug-likeness (QED) is 0.628. The Hall–Kier alpha value is -2.56. The van der Waals surface area contributed by atoms with E-state index < -0.39 is 0 Å². The summed E-state index contributed by atoms with van der Waals surface area (Å²) in [4.78, 5) is 24.2. The van der Waals surface area contributed by atoms with Gasteiger partial charge in [0.15, 0.2) is 5.65 Å². The van der Waals surface area contributed by atoms with E-state index in [0.717, 1.165) is 0 Å². The van der Waals surface area contributed by atoms with E-state index in [2.05, 4.69) is 15.0 Å². The molecule has 0 saturated heterocycles. The minimum atomic E-state index is -0.146. The Balaban J connectivity index is 2.14. The van der Waals surface area contributed by atoms with Crippen molar-refractivity contribution in [2.24, 2.45) is 0 Å². The fourth-order valence-corrected chi connectivity index (χ4v) is 1.64. The van der Waals surface area contributed by atoms with Crippen LogP contribution < -0.4 is 0 Å². The summed E-state index contributed by atoms with van der Waals surface area (Å²) in [6.07, 6.45) is 4.45. The highest BCUT2D eigenvalue weighted by Crippen LogP contribution is 2.10. The van der Waals surface area contributed by atoms with Crippen molar-refractivity contribution in [1.82, 2.24) is 19.5 Å². The van der Waals surface area contributed by atoms with Crippen LogP contribution in [0, 0.1) is 0 Å². The Kier molecular flexibility index (Phi) is 2.15. The summed E-state index contributed by atoms with van der Waals surface area (Å²) in [5, 5.41) is 0. The van der Waals surface area contributed by atoms with E-state index in [9.17, 15) is 4.79 Å². The summed E-state index contributed by atoms with van der Waals surface area (Å²) in [6.45, 7) is 0. The van der Waals surface area contributed by atoms with Crippen LogP contribution in [-0.2, 0) is 0 Å². The van der Waals surface area contributed by atoms with Gasteiger partial charge in [-0.15, -0.1) is 0 Å². The average Bonchev–Trinajstić information content (AvgIpc) is 2.83. The van der Waals surface area contributed by atoms with Crippen LogP contribution in [0.25, 0.3) is 11.2 Å². The molecule has 2 aromatic heterocycles. The van der Waals surface area contributed by atoms with Crippen LogP contribution >= 0.6 is 0 Å². The van der Waals surface area contributed by atoms with Gasteiger partial charge in [-0.1, -0.05) is 18.2 Å². The third-order valence-corrected chi connectivity index (χ3v) is 2.45.